The van der Waals surface area contributed by atoms with Crippen LogP contribution in [0.3, 0.4) is 0 Å². The number of anilines is 1. The molecule has 7 heteroatoms. The van der Waals surface area contributed by atoms with Crippen molar-refractivity contribution in [2.75, 3.05) is 5.32 Å². The highest BCUT2D eigenvalue weighted by Gasteiger charge is 2.17. The Morgan fingerprint density at radius 2 is 1.95 bits per heavy atom. The van der Waals surface area contributed by atoms with Crippen LogP contribution < -0.4 is 11.1 Å². The summed E-state index contributed by atoms with van der Waals surface area (Å²) in [7, 11) is 0. The molecule has 2 aromatic rings. The number of carbonyl (C=O) groups is 2. The van der Waals surface area contributed by atoms with Gasteiger partial charge in [0.15, 0.2) is 0 Å². The molecular formula is C15H15ClN4O2. The Hall–Kier alpha value is -2.47. The van der Waals surface area contributed by atoms with Crippen LogP contribution in [-0.4, -0.2) is 21.8 Å². The molecule has 3 N–H and O–H groups in total. The lowest BCUT2D eigenvalue weighted by Gasteiger charge is -2.10. The number of hydrogen-bond donors (Lipinski definition) is 2. The summed E-state index contributed by atoms with van der Waals surface area (Å²) >= 11 is 6.05. The van der Waals surface area contributed by atoms with Crippen molar-refractivity contribution in [1.82, 2.24) is 9.97 Å². The van der Waals surface area contributed by atoms with Gasteiger partial charge in [-0.1, -0.05) is 25.4 Å². The van der Waals surface area contributed by atoms with E-state index in [4.69, 9.17) is 17.3 Å². The second-order valence-electron chi connectivity index (χ2n) is 4.95. The number of amides is 2. The third-order valence-electron chi connectivity index (χ3n) is 3.01. The summed E-state index contributed by atoms with van der Waals surface area (Å²) in [5, 5.41) is 2.62. The van der Waals surface area contributed by atoms with Crippen LogP contribution in [0.2, 0.25) is 5.15 Å². The number of primary amides is 1. The van der Waals surface area contributed by atoms with Crippen LogP contribution in [0.4, 0.5) is 5.82 Å². The first-order valence-electron chi connectivity index (χ1n) is 6.62. The normalized spacial score (nSPS) is 10.5. The van der Waals surface area contributed by atoms with Gasteiger partial charge in [-0.3, -0.25) is 9.59 Å². The van der Waals surface area contributed by atoms with Crippen molar-refractivity contribution in [3.63, 3.8) is 0 Å². The zero-order chi connectivity index (χ0) is 16.3. The Labute approximate surface area is 132 Å². The van der Waals surface area contributed by atoms with Crippen LogP contribution in [0.5, 0.6) is 0 Å². The van der Waals surface area contributed by atoms with Crippen LogP contribution in [0, 0.1) is 0 Å². The van der Waals surface area contributed by atoms with Crippen LogP contribution in [-0.2, 0) is 0 Å². The van der Waals surface area contributed by atoms with E-state index in [1.807, 2.05) is 13.8 Å². The average Bonchev–Trinajstić information content (AvgIpc) is 2.47. The van der Waals surface area contributed by atoms with E-state index in [-0.39, 0.29) is 28.0 Å². The molecule has 0 radical (unpaired) electrons. The van der Waals surface area contributed by atoms with E-state index in [0.717, 1.165) is 5.69 Å². The van der Waals surface area contributed by atoms with Crippen LogP contribution in [0.15, 0.2) is 30.5 Å². The molecule has 2 heterocycles. The van der Waals surface area contributed by atoms with Gasteiger partial charge in [0, 0.05) is 11.9 Å². The Morgan fingerprint density at radius 1 is 1.23 bits per heavy atom. The molecule has 0 fully saturated rings. The number of nitrogens with zero attached hydrogens (tertiary/aromatic N) is 2. The van der Waals surface area contributed by atoms with Gasteiger partial charge in [-0.15, -0.1) is 0 Å². The van der Waals surface area contributed by atoms with E-state index in [1.165, 1.54) is 12.3 Å². The fraction of sp³-hybridized carbons (Fsp3) is 0.200. The standard InChI is InChI=1S/C15H15ClN4O2/c1-8(2)11-6-5-9(12(16)19-11)15(22)20-14-10(13(17)21)4-3-7-18-14/h3-8H,1-2H3,(H2,17,21)(H,18,20,22). The number of nitrogens with one attached hydrogen (secondary N) is 1. The molecule has 2 aromatic heterocycles. The van der Waals surface area contributed by atoms with Gasteiger partial charge in [0.25, 0.3) is 11.8 Å². The molecule has 0 unspecified atom stereocenters. The summed E-state index contributed by atoms with van der Waals surface area (Å²) in [4.78, 5) is 31.7. The topological polar surface area (TPSA) is 98.0 Å². The molecule has 0 bridgehead atoms. The van der Waals surface area contributed by atoms with Gasteiger partial charge < -0.3 is 11.1 Å². The fourth-order valence-corrected chi connectivity index (χ4v) is 2.06. The highest BCUT2D eigenvalue weighted by Crippen LogP contribution is 2.20. The number of aromatic nitrogens is 2. The molecule has 0 aromatic carbocycles. The van der Waals surface area contributed by atoms with E-state index in [0.29, 0.717) is 0 Å². The van der Waals surface area contributed by atoms with Gasteiger partial charge in [0.1, 0.15) is 11.0 Å². The minimum absolute atomic E-state index is 0.0870. The minimum atomic E-state index is -0.678. The summed E-state index contributed by atoms with van der Waals surface area (Å²) < 4.78 is 0. The maximum atomic E-state index is 12.3. The fourth-order valence-electron chi connectivity index (χ4n) is 1.82. The number of halogens is 1. The third kappa shape index (κ3) is 3.40. The highest BCUT2D eigenvalue weighted by molar-refractivity contribution is 6.33. The molecule has 22 heavy (non-hydrogen) atoms. The Morgan fingerprint density at radius 3 is 2.55 bits per heavy atom. The number of hydrogen-bond acceptors (Lipinski definition) is 4. The number of rotatable bonds is 4. The lowest BCUT2D eigenvalue weighted by atomic mass is 10.1. The maximum Gasteiger partial charge on any atom is 0.259 e. The molecule has 0 saturated carbocycles. The first-order chi connectivity index (χ1) is 10.4. The first kappa shape index (κ1) is 15.9. The quantitative estimate of drug-likeness (QED) is 0.846. The number of carbonyl (C=O) groups excluding carboxylic acids is 2. The van der Waals surface area contributed by atoms with Gasteiger partial charge in [0.2, 0.25) is 0 Å². The monoisotopic (exact) mass is 318 g/mol. The van der Waals surface area contributed by atoms with Crippen LogP contribution in [0.25, 0.3) is 0 Å². The summed E-state index contributed by atoms with van der Waals surface area (Å²) in [6, 6.07) is 6.36. The molecule has 6 nitrogen and oxygen atoms in total. The van der Waals surface area contributed by atoms with Crippen molar-refractivity contribution in [3.05, 3.63) is 52.4 Å². The van der Waals surface area contributed by atoms with Crippen molar-refractivity contribution in [1.29, 1.82) is 0 Å². The van der Waals surface area contributed by atoms with E-state index in [9.17, 15) is 9.59 Å². The molecular weight excluding hydrogens is 304 g/mol. The SMILES string of the molecule is CC(C)c1ccc(C(=O)Nc2ncccc2C(N)=O)c(Cl)n1. The minimum Gasteiger partial charge on any atom is -0.365 e. The average molecular weight is 319 g/mol. The number of pyridine rings is 2. The lowest BCUT2D eigenvalue weighted by molar-refractivity contribution is 0.100. The van der Waals surface area contributed by atoms with Crippen molar-refractivity contribution >= 4 is 29.2 Å². The lowest BCUT2D eigenvalue weighted by Crippen LogP contribution is -2.19. The second kappa shape index (κ2) is 6.53. The molecule has 0 aliphatic rings. The molecule has 114 valence electrons. The summed E-state index contributed by atoms with van der Waals surface area (Å²) in [6.45, 7) is 3.96. The van der Waals surface area contributed by atoms with Crippen molar-refractivity contribution in [2.45, 2.75) is 19.8 Å². The van der Waals surface area contributed by atoms with Gasteiger partial charge in [0.05, 0.1) is 11.1 Å². The Balaban J connectivity index is 2.29. The summed E-state index contributed by atoms with van der Waals surface area (Å²) in [5.41, 5.74) is 6.36. The smallest absolute Gasteiger partial charge is 0.259 e. The third-order valence-corrected chi connectivity index (χ3v) is 3.30. The van der Waals surface area contributed by atoms with Gasteiger partial charge in [-0.25, -0.2) is 9.97 Å². The largest absolute Gasteiger partial charge is 0.365 e. The van der Waals surface area contributed by atoms with E-state index >= 15 is 0 Å². The van der Waals surface area contributed by atoms with E-state index in [2.05, 4.69) is 15.3 Å². The zero-order valence-electron chi connectivity index (χ0n) is 12.1. The van der Waals surface area contributed by atoms with Crippen molar-refractivity contribution < 1.29 is 9.59 Å². The highest BCUT2D eigenvalue weighted by atomic mass is 35.5. The van der Waals surface area contributed by atoms with Crippen LogP contribution >= 0.6 is 11.6 Å². The molecule has 0 spiro atoms. The molecule has 0 atom stereocenters. The van der Waals surface area contributed by atoms with Crippen LogP contribution in [0.1, 0.15) is 46.2 Å². The van der Waals surface area contributed by atoms with Crippen molar-refractivity contribution in [2.24, 2.45) is 5.73 Å². The van der Waals surface area contributed by atoms with Gasteiger partial charge in [-0.05, 0) is 30.2 Å². The van der Waals surface area contributed by atoms with E-state index < -0.39 is 11.8 Å². The van der Waals surface area contributed by atoms with Crippen molar-refractivity contribution in [3.8, 4) is 0 Å². The molecule has 2 amide bonds. The molecule has 2 rings (SSSR count). The number of nitrogens with two attached hydrogens (primary N) is 1. The first-order valence-corrected chi connectivity index (χ1v) is 7.00. The molecule has 0 aliphatic heterocycles. The second-order valence-corrected chi connectivity index (χ2v) is 5.31. The predicted molar refractivity (Wildman–Crippen MR) is 84.0 cm³/mol. The zero-order valence-corrected chi connectivity index (χ0v) is 12.9. The van der Waals surface area contributed by atoms with Gasteiger partial charge in [-0.2, -0.15) is 0 Å². The Bertz CT molecular complexity index is 731. The maximum absolute atomic E-state index is 12.3. The van der Waals surface area contributed by atoms with Gasteiger partial charge >= 0.3 is 0 Å². The molecule has 0 saturated heterocycles. The Kier molecular flexibility index (Phi) is 4.72. The summed E-state index contributed by atoms with van der Waals surface area (Å²) in [5.74, 6) is -0.896. The summed E-state index contributed by atoms with van der Waals surface area (Å²) in [6.07, 6.45) is 1.45. The van der Waals surface area contributed by atoms with E-state index in [1.54, 1.807) is 18.2 Å². The molecule has 0 aliphatic carbocycles. The predicted octanol–water partition coefficient (Wildman–Crippen LogP) is 2.60.